The molecule has 2 fully saturated rings. The van der Waals surface area contributed by atoms with Crippen LogP contribution in [0.4, 0.5) is 18.0 Å². The number of alkyl halides is 3. The average Bonchev–Trinajstić information content (AvgIpc) is 2.93. The van der Waals surface area contributed by atoms with Crippen LogP contribution in [0.15, 0.2) is 18.5 Å². The molecule has 0 aliphatic carbocycles. The van der Waals surface area contributed by atoms with Gasteiger partial charge in [0, 0.05) is 51.7 Å². The van der Waals surface area contributed by atoms with Gasteiger partial charge in [0.25, 0.3) is 5.91 Å². The van der Waals surface area contributed by atoms with Crippen molar-refractivity contribution in [1.82, 2.24) is 19.7 Å². The maximum absolute atomic E-state index is 13.2. The molecular weight excluding hydrogens is 401 g/mol. The second-order valence-corrected chi connectivity index (χ2v) is 6.43. The highest BCUT2D eigenvalue weighted by Crippen LogP contribution is 2.32. The fourth-order valence-corrected chi connectivity index (χ4v) is 3.25. The molecule has 11 heteroatoms. The fourth-order valence-electron chi connectivity index (χ4n) is 3.25. The summed E-state index contributed by atoms with van der Waals surface area (Å²) < 4.78 is 44.7. The molecule has 3 amide bonds. The van der Waals surface area contributed by atoms with E-state index in [2.05, 4.69) is 4.98 Å². The molecule has 0 bridgehead atoms. The number of nitrogens with zero attached hydrogens (tertiary/aromatic N) is 4. The Kier molecular flexibility index (Phi) is 7.48. The lowest BCUT2D eigenvalue weighted by Crippen LogP contribution is -2.49. The third kappa shape index (κ3) is 5.05. The van der Waals surface area contributed by atoms with E-state index in [4.69, 9.17) is 4.74 Å². The van der Waals surface area contributed by atoms with Gasteiger partial charge in [0.15, 0.2) is 0 Å². The summed E-state index contributed by atoms with van der Waals surface area (Å²) in [5.41, 5.74) is -1.45. The molecule has 156 valence electrons. The van der Waals surface area contributed by atoms with E-state index in [1.165, 1.54) is 4.90 Å². The molecule has 0 saturated carbocycles. The lowest BCUT2D eigenvalue weighted by atomic mass is 10.1. The summed E-state index contributed by atoms with van der Waals surface area (Å²) in [6, 6.07) is 0.684. The van der Waals surface area contributed by atoms with Crippen LogP contribution < -0.4 is 0 Å². The Hall–Kier alpha value is -2.07. The summed E-state index contributed by atoms with van der Waals surface area (Å²) in [5, 5.41) is 0. The molecule has 0 atom stereocenters. The molecule has 3 rings (SSSR count). The molecule has 2 aliphatic heterocycles. The summed E-state index contributed by atoms with van der Waals surface area (Å²) in [6.07, 6.45) is -2.15. The quantitative estimate of drug-likeness (QED) is 0.695. The number of amides is 3. The monoisotopic (exact) mass is 422 g/mol. The van der Waals surface area contributed by atoms with Crippen molar-refractivity contribution in [2.75, 3.05) is 52.5 Å². The van der Waals surface area contributed by atoms with Crippen molar-refractivity contribution in [1.29, 1.82) is 0 Å². The summed E-state index contributed by atoms with van der Waals surface area (Å²) in [4.78, 5) is 33.6. The maximum atomic E-state index is 13.2. The molecule has 0 unspecified atom stereocenters. The number of morpholine rings is 1. The topological polar surface area (TPSA) is 66.0 Å². The zero-order chi connectivity index (χ0) is 19.4. The number of carbonyl (C=O) groups excluding carboxylic acids is 2. The number of rotatable bonds is 1. The first-order valence-electron chi connectivity index (χ1n) is 8.80. The number of hydrogen-bond donors (Lipinski definition) is 0. The molecule has 0 aromatic carbocycles. The van der Waals surface area contributed by atoms with Gasteiger partial charge in [-0.05, 0) is 12.5 Å². The Morgan fingerprint density at radius 3 is 2.25 bits per heavy atom. The average molecular weight is 423 g/mol. The minimum absolute atomic E-state index is 0. The first-order valence-corrected chi connectivity index (χ1v) is 8.80. The molecule has 0 radical (unpaired) electrons. The highest BCUT2D eigenvalue weighted by Gasteiger charge is 2.36. The van der Waals surface area contributed by atoms with Crippen LogP contribution in [0.2, 0.25) is 0 Å². The summed E-state index contributed by atoms with van der Waals surface area (Å²) in [5.74, 6) is -0.712. The van der Waals surface area contributed by atoms with E-state index >= 15 is 0 Å². The third-order valence-corrected chi connectivity index (χ3v) is 4.69. The van der Waals surface area contributed by atoms with Gasteiger partial charge >= 0.3 is 12.2 Å². The minimum atomic E-state index is -4.63. The molecule has 2 aliphatic rings. The normalized spacial score (nSPS) is 18.3. The van der Waals surface area contributed by atoms with Crippen LogP contribution in [0.3, 0.4) is 0 Å². The van der Waals surface area contributed by atoms with Gasteiger partial charge < -0.3 is 19.4 Å². The van der Waals surface area contributed by atoms with Gasteiger partial charge in [-0.3, -0.25) is 9.78 Å². The minimum Gasteiger partial charge on any atom is -0.378 e. The Balaban J connectivity index is 0.00000280. The highest BCUT2D eigenvalue weighted by molar-refractivity contribution is 5.95. The second-order valence-electron chi connectivity index (χ2n) is 6.43. The van der Waals surface area contributed by atoms with Crippen molar-refractivity contribution in [2.24, 2.45) is 0 Å². The van der Waals surface area contributed by atoms with Crippen molar-refractivity contribution in [3.8, 4) is 0 Å². The molecule has 0 N–H and O–H groups in total. The summed E-state index contributed by atoms with van der Waals surface area (Å²) in [6.45, 7) is 3.23. The van der Waals surface area contributed by atoms with Crippen LogP contribution in [-0.4, -0.2) is 84.1 Å². The standard InChI is InChI=1S/C17H21F3N4O3.ClH/c18-17(19,20)14-2-3-21-12-13(14)15(25)22-4-1-5-23(7-6-22)16(26)24-8-10-27-11-9-24;/h2-3,12H,1,4-11H2;1H. The Morgan fingerprint density at radius 1 is 0.964 bits per heavy atom. The van der Waals surface area contributed by atoms with E-state index in [9.17, 15) is 22.8 Å². The van der Waals surface area contributed by atoms with Crippen molar-refractivity contribution in [2.45, 2.75) is 12.6 Å². The Labute approximate surface area is 166 Å². The zero-order valence-electron chi connectivity index (χ0n) is 15.2. The fraction of sp³-hybridized carbons (Fsp3) is 0.588. The van der Waals surface area contributed by atoms with Crippen LogP contribution in [0.1, 0.15) is 22.3 Å². The van der Waals surface area contributed by atoms with Crippen LogP contribution >= 0.6 is 12.4 Å². The highest BCUT2D eigenvalue weighted by atomic mass is 35.5. The Bertz CT molecular complexity index is 698. The van der Waals surface area contributed by atoms with Gasteiger partial charge in [-0.2, -0.15) is 13.2 Å². The first kappa shape index (κ1) is 22.2. The number of pyridine rings is 1. The molecule has 28 heavy (non-hydrogen) atoms. The van der Waals surface area contributed by atoms with Crippen LogP contribution in [-0.2, 0) is 10.9 Å². The smallest absolute Gasteiger partial charge is 0.378 e. The van der Waals surface area contributed by atoms with E-state index < -0.39 is 23.2 Å². The van der Waals surface area contributed by atoms with Crippen molar-refractivity contribution >= 4 is 24.3 Å². The molecular formula is C17H22ClF3N4O3. The predicted octanol–water partition coefficient (Wildman–Crippen LogP) is 2.12. The molecule has 0 spiro atoms. The number of hydrogen-bond acceptors (Lipinski definition) is 4. The van der Waals surface area contributed by atoms with Gasteiger partial charge in [0.1, 0.15) is 0 Å². The summed E-state index contributed by atoms with van der Waals surface area (Å²) >= 11 is 0. The van der Waals surface area contributed by atoms with Crippen LogP contribution in [0, 0.1) is 0 Å². The van der Waals surface area contributed by atoms with Crippen LogP contribution in [0.25, 0.3) is 0 Å². The van der Waals surface area contributed by atoms with Crippen molar-refractivity contribution in [3.63, 3.8) is 0 Å². The number of ether oxygens (including phenoxy) is 1. The Morgan fingerprint density at radius 2 is 1.57 bits per heavy atom. The number of aromatic nitrogens is 1. The van der Waals surface area contributed by atoms with Crippen LogP contribution in [0.5, 0.6) is 0 Å². The number of urea groups is 1. The second kappa shape index (κ2) is 9.42. The largest absolute Gasteiger partial charge is 0.417 e. The number of carbonyl (C=O) groups is 2. The lowest BCUT2D eigenvalue weighted by Gasteiger charge is -2.32. The van der Waals surface area contributed by atoms with E-state index in [1.807, 2.05) is 0 Å². The van der Waals surface area contributed by atoms with Crippen molar-refractivity contribution < 1.29 is 27.5 Å². The molecule has 1 aromatic rings. The van der Waals surface area contributed by atoms with Gasteiger partial charge in [0.05, 0.1) is 24.3 Å². The summed E-state index contributed by atoms with van der Waals surface area (Å²) in [7, 11) is 0. The third-order valence-electron chi connectivity index (χ3n) is 4.69. The molecule has 1 aromatic heterocycles. The maximum Gasteiger partial charge on any atom is 0.417 e. The van der Waals surface area contributed by atoms with E-state index in [0.29, 0.717) is 39.3 Å². The molecule has 7 nitrogen and oxygen atoms in total. The van der Waals surface area contributed by atoms with Crippen molar-refractivity contribution in [3.05, 3.63) is 29.6 Å². The predicted molar refractivity (Wildman–Crippen MR) is 96.4 cm³/mol. The van der Waals surface area contributed by atoms with Gasteiger partial charge in [0.2, 0.25) is 0 Å². The first-order chi connectivity index (χ1) is 12.9. The zero-order valence-corrected chi connectivity index (χ0v) is 16.0. The van der Waals surface area contributed by atoms with E-state index in [-0.39, 0.29) is 38.1 Å². The lowest BCUT2D eigenvalue weighted by molar-refractivity contribution is -0.138. The number of halogens is 4. The molecule has 3 heterocycles. The van der Waals surface area contributed by atoms with E-state index in [0.717, 1.165) is 18.5 Å². The van der Waals surface area contributed by atoms with Gasteiger partial charge in [-0.1, -0.05) is 0 Å². The van der Waals surface area contributed by atoms with Gasteiger partial charge in [-0.25, -0.2) is 4.79 Å². The molecule has 2 saturated heterocycles. The van der Waals surface area contributed by atoms with Gasteiger partial charge in [-0.15, -0.1) is 12.4 Å². The SMILES string of the molecule is Cl.O=C(c1cnccc1C(F)(F)F)N1CCCN(C(=O)N2CCOCC2)CC1. The van der Waals surface area contributed by atoms with E-state index in [1.54, 1.807) is 9.80 Å².